The maximum absolute atomic E-state index is 15.1. The highest BCUT2D eigenvalue weighted by atomic mass is 19.1. The van der Waals surface area contributed by atoms with Gasteiger partial charge in [0, 0.05) is 38.1 Å². The Morgan fingerprint density at radius 3 is 2.72 bits per heavy atom. The molecule has 2 unspecified atom stereocenters. The van der Waals surface area contributed by atoms with Crippen LogP contribution in [0.1, 0.15) is 32.5 Å². The number of benzene rings is 1. The number of rotatable bonds is 6. The van der Waals surface area contributed by atoms with Gasteiger partial charge < -0.3 is 15.0 Å². The van der Waals surface area contributed by atoms with Crippen molar-refractivity contribution in [3.63, 3.8) is 0 Å². The van der Waals surface area contributed by atoms with E-state index in [1.165, 1.54) is 11.8 Å². The number of halogens is 2. The number of hydrogen-bond acceptors (Lipinski definition) is 7. The Labute approximate surface area is 183 Å². The molecule has 1 aromatic heterocycles. The van der Waals surface area contributed by atoms with Gasteiger partial charge in [-0.15, -0.1) is 10.2 Å². The van der Waals surface area contributed by atoms with Gasteiger partial charge in [0.1, 0.15) is 11.8 Å². The third-order valence-corrected chi connectivity index (χ3v) is 5.90. The van der Waals surface area contributed by atoms with E-state index in [1.54, 1.807) is 4.90 Å². The largest absolute Gasteiger partial charge is 0.442 e. The van der Waals surface area contributed by atoms with Crippen molar-refractivity contribution in [3.8, 4) is 0 Å². The minimum Gasteiger partial charge on any atom is -0.442 e. The molecule has 12 heteroatoms. The molecule has 3 heterocycles. The molecular formula is C20H25F2N7O3. The lowest BCUT2D eigenvalue weighted by Gasteiger charge is -2.39. The Morgan fingerprint density at radius 2 is 2.09 bits per heavy atom. The molecule has 0 saturated carbocycles. The molecule has 0 bridgehead atoms. The second-order valence-corrected chi connectivity index (χ2v) is 8.28. The van der Waals surface area contributed by atoms with Crippen LogP contribution in [0.2, 0.25) is 0 Å². The highest BCUT2D eigenvalue weighted by Crippen LogP contribution is 2.35. The molecule has 1 aromatic carbocycles. The monoisotopic (exact) mass is 449 g/mol. The number of nitrogens with zero attached hydrogens (tertiary/aromatic N) is 5. The molecule has 0 spiro atoms. The quantitative estimate of drug-likeness (QED) is 0.691. The number of cyclic esters (lactones) is 1. The number of amides is 2. The summed E-state index contributed by atoms with van der Waals surface area (Å²) in [7, 11) is 0. The van der Waals surface area contributed by atoms with E-state index in [4.69, 9.17) is 4.74 Å². The van der Waals surface area contributed by atoms with Gasteiger partial charge in [0.15, 0.2) is 17.5 Å². The molecule has 2 fully saturated rings. The topological polar surface area (TPSA) is 116 Å². The van der Waals surface area contributed by atoms with E-state index in [1.807, 2.05) is 6.92 Å². The molecule has 172 valence electrons. The molecule has 0 radical (unpaired) electrons. The van der Waals surface area contributed by atoms with E-state index in [9.17, 15) is 9.59 Å². The number of H-pyrrole nitrogens is 1. The van der Waals surface area contributed by atoms with Crippen molar-refractivity contribution in [1.82, 2.24) is 25.9 Å². The molecule has 2 aliphatic heterocycles. The third-order valence-electron chi connectivity index (χ3n) is 5.90. The second-order valence-electron chi connectivity index (χ2n) is 8.28. The SMILES string of the molecule is CC(=O)NC[C@H]1CN(c2cc(F)c(N3CCC(Cc4nn[nH]n4)CC3C)c(F)c2)C(=O)O1. The van der Waals surface area contributed by atoms with Crippen molar-refractivity contribution in [3.05, 3.63) is 29.6 Å². The Kier molecular flexibility index (Phi) is 6.19. The van der Waals surface area contributed by atoms with Gasteiger partial charge in [0.2, 0.25) is 5.91 Å². The van der Waals surface area contributed by atoms with Crippen molar-refractivity contribution in [1.29, 1.82) is 0 Å². The summed E-state index contributed by atoms with van der Waals surface area (Å²) < 4.78 is 35.3. The van der Waals surface area contributed by atoms with Crippen LogP contribution in [0.3, 0.4) is 0 Å². The molecular weight excluding hydrogens is 424 g/mol. The third kappa shape index (κ3) is 4.63. The lowest BCUT2D eigenvalue weighted by atomic mass is 9.88. The number of nitrogens with one attached hydrogen (secondary N) is 2. The van der Waals surface area contributed by atoms with Crippen LogP contribution in [0, 0.1) is 17.6 Å². The van der Waals surface area contributed by atoms with Crippen LogP contribution in [0.15, 0.2) is 12.1 Å². The number of ether oxygens (including phenoxy) is 1. The number of piperidine rings is 1. The lowest BCUT2D eigenvalue weighted by Crippen LogP contribution is -2.42. The summed E-state index contributed by atoms with van der Waals surface area (Å²) in [6, 6.07) is 2.21. The average molecular weight is 449 g/mol. The van der Waals surface area contributed by atoms with Crippen LogP contribution in [0.5, 0.6) is 0 Å². The fourth-order valence-corrected chi connectivity index (χ4v) is 4.39. The standard InChI is InChI=1S/C20H25F2N7O3/c1-11-5-13(6-18-24-26-27-25-18)3-4-28(11)19-16(21)7-14(8-17(19)22)29-10-15(32-20(29)31)9-23-12(2)30/h7-8,11,13,15H,3-6,9-10H2,1-2H3,(H,23,30)(H,24,25,26,27)/t11?,13?,15-/m0/s1. The molecule has 2 aliphatic rings. The van der Waals surface area contributed by atoms with Crippen LogP contribution in [0.25, 0.3) is 0 Å². The number of aromatic nitrogens is 4. The number of carbonyl (C=O) groups is 2. The Hall–Kier alpha value is -3.31. The van der Waals surface area contributed by atoms with Crippen LogP contribution < -0.4 is 15.1 Å². The van der Waals surface area contributed by atoms with Gasteiger partial charge in [-0.1, -0.05) is 5.21 Å². The first kappa shape index (κ1) is 21.9. The normalized spacial score (nSPS) is 23.4. The molecule has 0 aliphatic carbocycles. The minimum absolute atomic E-state index is 0.0821. The first-order valence-electron chi connectivity index (χ1n) is 10.5. The van der Waals surface area contributed by atoms with E-state index in [0.717, 1.165) is 25.0 Å². The zero-order valence-electron chi connectivity index (χ0n) is 17.8. The number of carbonyl (C=O) groups excluding carboxylic acids is 2. The Balaban J connectivity index is 1.45. The fourth-order valence-electron chi connectivity index (χ4n) is 4.39. The van der Waals surface area contributed by atoms with Crippen molar-refractivity contribution in [2.75, 3.05) is 29.4 Å². The predicted octanol–water partition coefficient (Wildman–Crippen LogP) is 1.79. The minimum atomic E-state index is -0.735. The van der Waals surface area contributed by atoms with E-state index in [-0.39, 0.29) is 36.4 Å². The predicted molar refractivity (Wildman–Crippen MR) is 110 cm³/mol. The number of anilines is 2. The smallest absolute Gasteiger partial charge is 0.414 e. The number of aromatic amines is 1. The molecule has 2 N–H and O–H groups in total. The van der Waals surface area contributed by atoms with Gasteiger partial charge in [0.05, 0.1) is 18.8 Å². The summed E-state index contributed by atoms with van der Waals surface area (Å²) in [5.41, 5.74) is -0.0136. The van der Waals surface area contributed by atoms with Gasteiger partial charge in [0.25, 0.3) is 0 Å². The zero-order valence-corrected chi connectivity index (χ0v) is 17.8. The Morgan fingerprint density at radius 1 is 1.34 bits per heavy atom. The van der Waals surface area contributed by atoms with E-state index < -0.39 is 23.8 Å². The fraction of sp³-hybridized carbons (Fsp3) is 0.550. The van der Waals surface area contributed by atoms with Gasteiger partial charge in [-0.05, 0) is 25.7 Å². The second kappa shape index (κ2) is 9.05. The lowest BCUT2D eigenvalue weighted by molar-refractivity contribution is -0.119. The summed E-state index contributed by atoms with van der Waals surface area (Å²) in [5.74, 6) is -0.796. The highest BCUT2D eigenvalue weighted by Gasteiger charge is 2.35. The van der Waals surface area contributed by atoms with Crippen molar-refractivity contribution in [2.45, 2.75) is 45.3 Å². The average Bonchev–Trinajstić information content (AvgIpc) is 3.36. The molecule has 32 heavy (non-hydrogen) atoms. The van der Waals surface area contributed by atoms with Gasteiger partial charge in [-0.3, -0.25) is 9.69 Å². The summed E-state index contributed by atoms with van der Waals surface area (Å²) in [6.07, 6.45) is 0.842. The van der Waals surface area contributed by atoms with Crippen LogP contribution in [-0.2, 0) is 16.0 Å². The molecule has 3 atom stereocenters. The molecule has 2 aromatic rings. The highest BCUT2D eigenvalue weighted by molar-refractivity contribution is 5.90. The van der Waals surface area contributed by atoms with Crippen molar-refractivity contribution >= 4 is 23.4 Å². The molecule has 2 amide bonds. The first-order chi connectivity index (χ1) is 15.3. The van der Waals surface area contributed by atoms with E-state index >= 15 is 8.78 Å². The van der Waals surface area contributed by atoms with Crippen molar-refractivity contribution in [2.24, 2.45) is 5.92 Å². The molecule has 4 rings (SSSR count). The number of hydrogen-bond donors (Lipinski definition) is 2. The first-order valence-corrected chi connectivity index (χ1v) is 10.5. The summed E-state index contributed by atoms with van der Waals surface area (Å²) in [5, 5.41) is 16.5. The van der Waals surface area contributed by atoms with Gasteiger partial charge in [-0.25, -0.2) is 13.6 Å². The maximum Gasteiger partial charge on any atom is 0.414 e. The van der Waals surface area contributed by atoms with Crippen LogP contribution >= 0.6 is 0 Å². The number of tetrazole rings is 1. The van der Waals surface area contributed by atoms with E-state index in [0.29, 0.717) is 24.7 Å². The van der Waals surface area contributed by atoms with Crippen LogP contribution in [0.4, 0.5) is 25.0 Å². The summed E-state index contributed by atoms with van der Waals surface area (Å²) >= 11 is 0. The molecule has 2 saturated heterocycles. The van der Waals surface area contributed by atoms with Gasteiger partial charge >= 0.3 is 6.09 Å². The van der Waals surface area contributed by atoms with E-state index in [2.05, 4.69) is 25.9 Å². The Bertz CT molecular complexity index is 965. The maximum atomic E-state index is 15.1. The van der Waals surface area contributed by atoms with Gasteiger partial charge in [-0.2, -0.15) is 5.21 Å². The summed E-state index contributed by atoms with van der Waals surface area (Å²) in [4.78, 5) is 26.1. The van der Waals surface area contributed by atoms with Crippen LogP contribution in [-0.4, -0.2) is 64.4 Å². The zero-order chi connectivity index (χ0) is 22.8. The summed E-state index contributed by atoms with van der Waals surface area (Å²) in [6.45, 7) is 4.00. The van der Waals surface area contributed by atoms with Crippen molar-refractivity contribution < 1.29 is 23.1 Å². The molecule has 10 nitrogen and oxygen atoms in total.